The molecule has 21 heavy (non-hydrogen) atoms. The SMILES string of the molecule is CCOc1ccccc1NC(=O)CN1CCC(CN)CC1. The average Bonchev–Trinajstić information content (AvgIpc) is 2.50. The van der Waals surface area contributed by atoms with E-state index in [4.69, 9.17) is 10.5 Å². The van der Waals surface area contributed by atoms with Crippen molar-refractivity contribution in [1.29, 1.82) is 0 Å². The Kier molecular flexibility index (Phi) is 6.02. The Morgan fingerprint density at radius 2 is 2.10 bits per heavy atom. The maximum atomic E-state index is 12.2. The van der Waals surface area contributed by atoms with Crippen molar-refractivity contribution in [2.24, 2.45) is 11.7 Å². The van der Waals surface area contributed by atoms with E-state index >= 15 is 0 Å². The van der Waals surface area contributed by atoms with Crippen LogP contribution in [-0.4, -0.2) is 43.6 Å². The summed E-state index contributed by atoms with van der Waals surface area (Å²) in [6.07, 6.45) is 2.17. The van der Waals surface area contributed by atoms with E-state index in [1.54, 1.807) is 0 Å². The second-order valence-corrected chi connectivity index (χ2v) is 5.43. The summed E-state index contributed by atoms with van der Waals surface area (Å²) in [5.41, 5.74) is 6.42. The molecule has 0 aromatic heterocycles. The largest absolute Gasteiger partial charge is 0.492 e. The van der Waals surface area contributed by atoms with Crippen LogP contribution >= 0.6 is 0 Å². The van der Waals surface area contributed by atoms with Crippen LogP contribution in [0.5, 0.6) is 5.75 Å². The smallest absolute Gasteiger partial charge is 0.238 e. The third-order valence-corrected chi connectivity index (χ3v) is 3.87. The molecule has 3 N–H and O–H groups in total. The predicted octanol–water partition coefficient (Wildman–Crippen LogP) is 1.69. The minimum atomic E-state index is 0.00773. The number of para-hydroxylation sites is 2. The summed E-state index contributed by atoms with van der Waals surface area (Å²) in [5, 5.41) is 2.94. The molecule has 0 aliphatic carbocycles. The highest BCUT2D eigenvalue weighted by Crippen LogP contribution is 2.23. The fourth-order valence-corrected chi connectivity index (χ4v) is 2.62. The first kappa shape index (κ1) is 15.8. The van der Waals surface area contributed by atoms with Crippen LogP contribution in [0.1, 0.15) is 19.8 Å². The fourth-order valence-electron chi connectivity index (χ4n) is 2.62. The number of nitrogens with zero attached hydrogens (tertiary/aromatic N) is 1. The van der Waals surface area contributed by atoms with E-state index in [1.807, 2.05) is 31.2 Å². The van der Waals surface area contributed by atoms with Crippen LogP contribution in [0.2, 0.25) is 0 Å². The van der Waals surface area contributed by atoms with Gasteiger partial charge in [0, 0.05) is 0 Å². The van der Waals surface area contributed by atoms with Crippen LogP contribution in [0.25, 0.3) is 0 Å². The van der Waals surface area contributed by atoms with Gasteiger partial charge in [-0.15, -0.1) is 0 Å². The molecule has 0 radical (unpaired) electrons. The van der Waals surface area contributed by atoms with E-state index in [2.05, 4.69) is 10.2 Å². The lowest BCUT2D eigenvalue weighted by Crippen LogP contribution is -2.40. The molecule has 0 atom stereocenters. The molecule has 2 rings (SSSR count). The fraction of sp³-hybridized carbons (Fsp3) is 0.562. The molecular formula is C16H25N3O2. The number of carbonyl (C=O) groups is 1. The molecule has 0 spiro atoms. The minimum Gasteiger partial charge on any atom is -0.492 e. The molecule has 1 aromatic rings. The maximum Gasteiger partial charge on any atom is 0.238 e. The van der Waals surface area contributed by atoms with Gasteiger partial charge in [-0.25, -0.2) is 0 Å². The Balaban J connectivity index is 1.85. The molecule has 1 fully saturated rings. The van der Waals surface area contributed by atoms with E-state index in [-0.39, 0.29) is 5.91 Å². The summed E-state index contributed by atoms with van der Waals surface area (Å²) in [5.74, 6) is 1.34. The lowest BCUT2D eigenvalue weighted by atomic mass is 9.97. The second-order valence-electron chi connectivity index (χ2n) is 5.43. The highest BCUT2D eigenvalue weighted by molar-refractivity contribution is 5.93. The number of hydrogen-bond acceptors (Lipinski definition) is 4. The van der Waals surface area contributed by atoms with E-state index in [9.17, 15) is 4.79 Å². The summed E-state index contributed by atoms with van der Waals surface area (Å²) in [7, 11) is 0. The summed E-state index contributed by atoms with van der Waals surface area (Å²) in [6.45, 7) is 5.59. The Labute approximate surface area is 126 Å². The molecule has 1 saturated heterocycles. The van der Waals surface area contributed by atoms with Crippen molar-refractivity contribution in [3.63, 3.8) is 0 Å². The Morgan fingerprint density at radius 3 is 2.76 bits per heavy atom. The van der Waals surface area contributed by atoms with Crippen molar-refractivity contribution in [2.75, 3.05) is 38.1 Å². The van der Waals surface area contributed by atoms with Gasteiger partial charge >= 0.3 is 0 Å². The van der Waals surface area contributed by atoms with Crippen molar-refractivity contribution in [3.05, 3.63) is 24.3 Å². The number of benzene rings is 1. The summed E-state index contributed by atoms with van der Waals surface area (Å²) in [6, 6.07) is 7.53. The Bertz CT molecular complexity index is 457. The lowest BCUT2D eigenvalue weighted by molar-refractivity contribution is -0.117. The van der Waals surface area contributed by atoms with Gasteiger partial charge in [0.25, 0.3) is 0 Å². The average molecular weight is 291 g/mol. The van der Waals surface area contributed by atoms with Gasteiger partial charge in [-0.2, -0.15) is 0 Å². The highest BCUT2D eigenvalue weighted by atomic mass is 16.5. The monoisotopic (exact) mass is 291 g/mol. The van der Waals surface area contributed by atoms with Crippen LogP contribution in [0.15, 0.2) is 24.3 Å². The number of ether oxygens (including phenoxy) is 1. The molecule has 116 valence electrons. The quantitative estimate of drug-likeness (QED) is 0.837. The van der Waals surface area contributed by atoms with Crippen molar-refractivity contribution >= 4 is 11.6 Å². The summed E-state index contributed by atoms with van der Waals surface area (Å²) in [4.78, 5) is 14.3. The first-order chi connectivity index (χ1) is 10.2. The number of anilines is 1. The van der Waals surface area contributed by atoms with Gasteiger partial charge in [-0.05, 0) is 57.5 Å². The maximum absolute atomic E-state index is 12.2. The van der Waals surface area contributed by atoms with E-state index in [1.165, 1.54) is 0 Å². The van der Waals surface area contributed by atoms with E-state index in [0.29, 0.717) is 19.1 Å². The molecule has 5 heteroatoms. The number of hydrogen-bond donors (Lipinski definition) is 2. The zero-order valence-corrected chi connectivity index (χ0v) is 12.7. The van der Waals surface area contributed by atoms with Crippen LogP contribution in [0.3, 0.4) is 0 Å². The van der Waals surface area contributed by atoms with Gasteiger partial charge in [0.1, 0.15) is 5.75 Å². The summed E-state index contributed by atoms with van der Waals surface area (Å²) >= 11 is 0. The van der Waals surface area contributed by atoms with Gasteiger partial charge in [-0.1, -0.05) is 12.1 Å². The molecule has 0 saturated carbocycles. The summed E-state index contributed by atoms with van der Waals surface area (Å²) < 4.78 is 5.51. The zero-order chi connectivity index (χ0) is 15.1. The number of amides is 1. The number of piperidine rings is 1. The van der Waals surface area contributed by atoms with Gasteiger partial charge in [0.2, 0.25) is 5.91 Å². The van der Waals surface area contributed by atoms with Crippen LogP contribution in [-0.2, 0) is 4.79 Å². The van der Waals surface area contributed by atoms with Gasteiger partial charge < -0.3 is 15.8 Å². The van der Waals surface area contributed by atoms with Crippen molar-refractivity contribution < 1.29 is 9.53 Å². The molecular weight excluding hydrogens is 266 g/mol. The topological polar surface area (TPSA) is 67.6 Å². The third-order valence-electron chi connectivity index (χ3n) is 3.87. The van der Waals surface area contributed by atoms with Crippen LogP contribution < -0.4 is 15.8 Å². The molecule has 1 amide bonds. The van der Waals surface area contributed by atoms with Crippen molar-refractivity contribution in [3.8, 4) is 5.75 Å². The molecule has 1 aromatic carbocycles. The second kappa shape index (κ2) is 8.00. The lowest BCUT2D eigenvalue weighted by Gasteiger charge is -2.30. The molecule has 0 bridgehead atoms. The zero-order valence-electron chi connectivity index (χ0n) is 12.7. The van der Waals surface area contributed by atoms with Crippen molar-refractivity contribution in [2.45, 2.75) is 19.8 Å². The van der Waals surface area contributed by atoms with E-state index < -0.39 is 0 Å². The van der Waals surface area contributed by atoms with Crippen LogP contribution in [0.4, 0.5) is 5.69 Å². The molecule has 0 unspecified atom stereocenters. The minimum absolute atomic E-state index is 0.00773. The third kappa shape index (κ3) is 4.72. The first-order valence-electron chi connectivity index (χ1n) is 7.67. The predicted molar refractivity (Wildman–Crippen MR) is 84.5 cm³/mol. The van der Waals surface area contributed by atoms with Gasteiger partial charge in [-0.3, -0.25) is 9.69 Å². The molecule has 1 heterocycles. The number of nitrogens with one attached hydrogen (secondary N) is 1. The normalized spacial score (nSPS) is 16.7. The van der Waals surface area contributed by atoms with Crippen molar-refractivity contribution in [1.82, 2.24) is 4.90 Å². The standard InChI is InChI=1S/C16H25N3O2/c1-2-21-15-6-4-3-5-14(15)18-16(20)12-19-9-7-13(11-17)8-10-19/h3-6,13H,2,7-12,17H2,1H3,(H,18,20). The first-order valence-corrected chi connectivity index (χ1v) is 7.67. The van der Waals surface area contributed by atoms with E-state index in [0.717, 1.165) is 43.9 Å². The van der Waals surface area contributed by atoms with Crippen LogP contribution in [0, 0.1) is 5.92 Å². The number of rotatable bonds is 6. The molecule has 5 nitrogen and oxygen atoms in total. The number of likely N-dealkylation sites (tertiary alicyclic amines) is 1. The molecule has 1 aliphatic heterocycles. The van der Waals surface area contributed by atoms with Gasteiger partial charge in [0.15, 0.2) is 0 Å². The number of nitrogens with two attached hydrogens (primary N) is 1. The molecule has 1 aliphatic rings. The highest BCUT2D eigenvalue weighted by Gasteiger charge is 2.20. The number of carbonyl (C=O) groups excluding carboxylic acids is 1. The van der Waals surface area contributed by atoms with Gasteiger partial charge in [0.05, 0.1) is 18.8 Å². The Hall–Kier alpha value is -1.59. The Morgan fingerprint density at radius 1 is 1.38 bits per heavy atom.